The van der Waals surface area contributed by atoms with Gasteiger partial charge in [-0.05, 0) is 74.2 Å². The summed E-state index contributed by atoms with van der Waals surface area (Å²) >= 11 is 1.58. The SMILES string of the molecule is Cc1cc(C)cc(OCCSCC(=O)Nc2ccc(C)c(C)c2)c1. The fraction of sp³-hybridized carbons (Fsp3) is 0.350. The van der Waals surface area contributed by atoms with Crippen LogP contribution in [0.3, 0.4) is 0 Å². The first-order valence-electron chi connectivity index (χ1n) is 8.10. The van der Waals surface area contributed by atoms with E-state index in [-0.39, 0.29) is 5.91 Å². The van der Waals surface area contributed by atoms with Gasteiger partial charge in [-0.25, -0.2) is 0 Å². The van der Waals surface area contributed by atoms with E-state index in [4.69, 9.17) is 4.74 Å². The van der Waals surface area contributed by atoms with Crippen LogP contribution >= 0.6 is 11.8 Å². The lowest BCUT2D eigenvalue weighted by Gasteiger charge is -2.09. The minimum Gasteiger partial charge on any atom is -0.493 e. The van der Waals surface area contributed by atoms with Crippen molar-refractivity contribution in [2.24, 2.45) is 0 Å². The molecule has 0 heterocycles. The van der Waals surface area contributed by atoms with Gasteiger partial charge in [0.1, 0.15) is 5.75 Å². The number of nitrogens with one attached hydrogen (secondary N) is 1. The summed E-state index contributed by atoms with van der Waals surface area (Å²) in [6.45, 7) is 8.83. The van der Waals surface area contributed by atoms with Gasteiger partial charge in [-0.1, -0.05) is 12.1 Å². The van der Waals surface area contributed by atoms with Gasteiger partial charge in [0.05, 0.1) is 12.4 Å². The molecule has 4 heteroatoms. The second-order valence-corrected chi connectivity index (χ2v) is 7.18. The number of anilines is 1. The number of hydrogen-bond donors (Lipinski definition) is 1. The quantitative estimate of drug-likeness (QED) is 0.742. The van der Waals surface area contributed by atoms with Crippen LogP contribution in [0.25, 0.3) is 0 Å². The second kappa shape index (κ2) is 8.78. The lowest BCUT2D eigenvalue weighted by Crippen LogP contribution is -2.15. The Morgan fingerprint density at radius 2 is 1.71 bits per heavy atom. The van der Waals surface area contributed by atoms with Crippen LogP contribution in [-0.2, 0) is 4.79 Å². The first kappa shape index (κ1) is 18.4. The van der Waals surface area contributed by atoms with Crippen molar-refractivity contribution in [3.05, 3.63) is 58.7 Å². The van der Waals surface area contributed by atoms with Crippen molar-refractivity contribution in [1.82, 2.24) is 0 Å². The van der Waals surface area contributed by atoms with Crippen molar-refractivity contribution in [3.63, 3.8) is 0 Å². The third kappa shape index (κ3) is 5.93. The van der Waals surface area contributed by atoms with E-state index >= 15 is 0 Å². The summed E-state index contributed by atoms with van der Waals surface area (Å²) in [7, 11) is 0. The van der Waals surface area contributed by atoms with Crippen LogP contribution in [0.2, 0.25) is 0 Å². The Labute approximate surface area is 148 Å². The number of hydrogen-bond acceptors (Lipinski definition) is 3. The van der Waals surface area contributed by atoms with E-state index in [1.807, 2.05) is 37.3 Å². The van der Waals surface area contributed by atoms with E-state index in [9.17, 15) is 4.79 Å². The standard InChI is InChI=1S/C20H25NO2S/c1-14-9-15(2)11-19(10-14)23-7-8-24-13-20(22)21-18-6-5-16(3)17(4)12-18/h5-6,9-12H,7-8,13H2,1-4H3,(H,21,22). The number of thioether (sulfide) groups is 1. The molecule has 0 saturated carbocycles. The fourth-order valence-corrected chi connectivity index (χ4v) is 3.02. The Morgan fingerprint density at radius 3 is 2.38 bits per heavy atom. The van der Waals surface area contributed by atoms with Gasteiger partial charge in [-0.15, -0.1) is 11.8 Å². The highest BCUT2D eigenvalue weighted by atomic mass is 32.2. The summed E-state index contributed by atoms with van der Waals surface area (Å²) in [5.41, 5.74) is 5.67. The van der Waals surface area contributed by atoms with Crippen LogP contribution in [0.1, 0.15) is 22.3 Å². The molecule has 1 amide bonds. The minimum absolute atomic E-state index is 0.0228. The number of carbonyl (C=O) groups is 1. The van der Waals surface area contributed by atoms with Crippen molar-refractivity contribution in [3.8, 4) is 5.75 Å². The van der Waals surface area contributed by atoms with Gasteiger partial charge in [-0.2, -0.15) is 0 Å². The Hall–Kier alpha value is -1.94. The monoisotopic (exact) mass is 343 g/mol. The van der Waals surface area contributed by atoms with Gasteiger partial charge in [0, 0.05) is 11.4 Å². The average molecular weight is 343 g/mol. The fourth-order valence-electron chi connectivity index (χ4n) is 2.42. The molecule has 24 heavy (non-hydrogen) atoms. The largest absolute Gasteiger partial charge is 0.493 e. The Morgan fingerprint density at radius 1 is 1.00 bits per heavy atom. The highest BCUT2D eigenvalue weighted by Gasteiger charge is 2.04. The van der Waals surface area contributed by atoms with Gasteiger partial charge in [-0.3, -0.25) is 4.79 Å². The van der Waals surface area contributed by atoms with E-state index in [2.05, 4.69) is 32.2 Å². The maximum Gasteiger partial charge on any atom is 0.234 e. The van der Waals surface area contributed by atoms with E-state index in [1.54, 1.807) is 11.8 Å². The molecule has 0 aliphatic heterocycles. The van der Waals surface area contributed by atoms with Crippen LogP contribution < -0.4 is 10.1 Å². The third-order valence-corrected chi connectivity index (χ3v) is 4.64. The number of rotatable bonds is 7. The van der Waals surface area contributed by atoms with Crippen molar-refractivity contribution in [1.29, 1.82) is 0 Å². The normalized spacial score (nSPS) is 10.5. The van der Waals surface area contributed by atoms with Crippen molar-refractivity contribution < 1.29 is 9.53 Å². The van der Waals surface area contributed by atoms with Crippen LogP contribution in [0.5, 0.6) is 5.75 Å². The molecule has 0 unspecified atom stereocenters. The van der Waals surface area contributed by atoms with E-state index < -0.39 is 0 Å². The zero-order chi connectivity index (χ0) is 17.5. The summed E-state index contributed by atoms with van der Waals surface area (Å²) in [5.74, 6) is 2.14. The van der Waals surface area contributed by atoms with Crippen LogP contribution in [0, 0.1) is 27.7 Å². The molecule has 2 rings (SSSR count). The molecule has 1 N–H and O–H groups in total. The smallest absolute Gasteiger partial charge is 0.234 e. The molecular formula is C20H25NO2S. The lowest BCUT2D eigenvalue weighted by atomic mass is 10.1. The number of ether oxygens (including phenoxy) is 1. The molecule has 2 aromatic carbocycles. The molecule has 0 saturated heterocycles. The molecule has 0 fully saturated rings. The topological polar surface area (TPSA) is 38.3 Å². The molecule has 0 aromatic heterocycles. The van der Waals surface area contributed by atoms with E-state index in [1.165, 1.54) is 22.3 Å². The Balaban J connectivity index is 1.68. The number of aryl methyl sites for hydroxylation is 4. The van der Waals surface area contributed by atoms with E-state index in [0.29, 0.717) is 12.4 Å². The van der Waals surface area contributed by atoms with Gasteiger partial charge >= 0.3 is 0 Å². The van der Waals surface area contributed by atoms with Gasteiger partial charge in [0.15, 0.2) is 0 Å². The summed E-state index contributed by atoms with van der Waals surface area (Å²) < 4.78 is 5.74. The molecule has 0 radical (unpaired) electrons. The first-order valence-corrected chi connectivity index (χ1v) is 9.25. The predicted octanol–water partition coefficient (Wildman–Crippen LogP) is 4.67. The van der Waals surface area contributed by atoms with Gasteiger partial charge in [0.25, 0.3) is 0 Å². The molecule has 2 aromatic rings. The van der Waals surface area contributed by atoms with Gasteiger partial charge < -0.3 is 10.1 Å². The zero-order valence-corrected chi connectivity index (χ0v) is 15.6. The molecule has 0 spiro atoms. The third-order valence-electron chi connectivity index (χ3n) is 3.72. The Kier molecular flexibility index (Phi) is 6.73. The average Bonchev–Trinajstić information content (AvgIpc) is 2.49. The maximum absolute atomic E-state index is 12.0. The predicted molar refractivity (Wildman–Crippen MR) is 103 cm³/mol. The van der Waals surface area contributed by atoms with Crippen LogP contribution in [-0.4, -0.2) is 24.0 Å². The summed E-state index contributed by atoms with van der Waals surface area (Å²) in [4.78, 5) is 12.0. The molecule has 0 aliphatic carbocycles. The summed E-state index contributed by atoms with van der Waals surface area (Å²) in [6.07, 6.45) is 0. The Bertz CT molecular complexity index is 693. The molecule has 128 valence electrons. The lowest BCUT2D eigenvalue weighted by molar-refractivity contribution is -0.113. The van der Waals surface area contributed by atoms with Crippen LogP contribution in [0.15, 0.2) is 36.4 Å². The van der Waals surface area contributed by atoms with E-state index in [0.717, 1.165) is 17.2 Å². The number of carbonyl (C=O) groups excluding carboxylic acids is 1. The number of benzene rings is 2. The number of amides is 1. The summed E-state index contributed by atoms with van der Waals surface area (Å²) in [6, 6.07) is 12.2. The summed E-state index contributed by atoms with van der Waals surface area (Å²) in [5, 5.41) is 2.93. The molecule has 0 bridgehead atoms. The maximum atomic E-state index is 12.0. The van der Waals surface area contributed by atoms with Gasteiger partial charge in [0.2, 0.25) is 5.91 Å². The first-order chi connectivity index (χ1) is 11.4. The molecular weight excluding hydrogens is 318 g/mol. The molecule has 3 nitrogen and oxygen atoms in total. The highest BCUT2D eigenvalue weighted by molar-refractivity contribution is 7.99. The van der Waals surface area contributed by atoms with Crippen molar-refractivity contribution >= 4 is 23.4 Å². The highest BCUT2D eigenvalue weighted by Crippen LogP contribution is 2.17. The second-order valence-electron chi connectivity index (χ2n) is 6.07. The zero-order valence-electron chi connectivity index (χ0n) is 14.8. The molecule has 0 atom stereocenters. The minimum atomic E-state index is 0.0228. The van der Waals surface area contributed by atoms with Crippen molar-refractivity contribution in [2.45, 2.75) is 27.7 Å². The van der Waals surface area contributed by atoms with Crippen molar-refractivity contribution in [2.75, 3.05) is 23.4 Å². The molecule has 0 aliphatic rings. The van der Waals surface area contributed by atoms with Crippen LogP contribution in [0.4, 0.5) is 5.69 Å².